The van der Waals surface area contributed by atoms with Gasteiger partial charge in [-0.05, 0) is 36.4 Å². The second-order valence-electron chi connectivity index (χ2n) is 11.5. The molecule has 0 atom stereocenters. The molecule has 3 rings (SSSR count). The minimum Gasteiger partial charge on any atom is -0.457 e. The standard InChI is InChI=1S/C30H12F26O2/c31-19(32,21(35,36)23(39,40)25(43,44)27(47,48)29(51,52)53)13-4-1-6-15(10-13)57-17-8-3-9-18(12-17)58-16-7-2-5-14(11-16)20(33,34)22(37,38)24(41,42)26(45,46)28(49,50)30(54,55)56/h1-12H. The van der Waals surface area contributed by atoms with Crippen molar-refractivity contribution in [2.75, 3.05) is 0 Å². The highest BCUT2D eigenvalue weighted by molar-refractivity contribution is 5.42. The van der Waals surface area contributed by atoms with E-state index in [4.69, 9.17) is 9.47 Å². The van der Waals surface area contributed by atoms with E-state index in [-0.39, 0.29) is 36.4 Å². The second-order valence-corrected chi connectivity index (χ2v) is 11.5. The third-order valence-corrected chi connectivity index (χ3v) is 7.54. The number of hydrogen-bond acceptors (Lipinski definition) is 2. The number of hydrogen-bond donors (Lipinski definition) is 0. The van der Waals surface area contributed by atoms with Gasteiger partial charge in [0, 0.05) is 17.2 Å². The molecule has 28 heteroatoms. The van der Waals surface area contributed by atoms with E-state index in [0.29, 0.717) is 18.2 Å². The van der Waals surface area contributed by atoms with Crippen LogP contribution in [-0.2, 0) is 11.8 Å². The monoisotopic (exact) mass is 898 g/mol. The molecule has 0 aliphatic rings. The smallest absolute Gasteiger partial charge is 0.457 e. The first kappa shape index (κ1) is 47.8. The molecule has 0 saturated heterocycles. The zero-order chi connectivity index (χ0) is 45.4. The fourth-order valence-electron chi connectivity index (χ4n) is 4.28. The van der Waals surface area contributed by atoms with Crippen LogP contribution in [0.25, 0.3) is 0 Å². The normalized spacial score (nSPS) is 15.1. The third kappa shape index (κ3) is 7.13. The van der Waals surface area contributed by atoms with Crippen molar-refractivity contribution in [1.29, 1.82) is 0 Å². The molecule has 0 saturated carbocycles. The maximum atomic E-state index is 14.7. The Morgan fingerprint density at radius 3 is 0.741 bits per heavy atom. The van der Waals surface area contributed by atoms with E-state index in [9.17, 15) is 114 Å². The lowest BCUT2D eigenvalue weighted by molar-refractivity contribution is -0.441. The van der Waals surface area contributed by atoms with Gasteiger partial charge in [-0.3, -0.25) is 0 Å². The topological polar surface area (TPSA) is 18.5 Å². The Hall–Kier alpha value is -4.56. The molecule has 3 aromatic rings. The van der Waals surface area contributed by atoms with Crippen LogP contribution in [0.15, 0.2) is 72.8 Å². The Bertz CT molecular complexity index is 1810. The Kier molecular flexibility index (Phi) is 11.6. The van der Waals surface area contributed by atoms with Gasteiger partial charge in [0.05, 0.1) is 0 Å². The molecule has 0 aliphatic heterocycles. The predicted octanol–water partition coefficient (Wildman–Crippen LogP) is 13.7. The fourth-order valence-corrected chi connectivity index (χ4v) is 4.28. The van der Waals surface area contributed by atoms with E-state index in [1.807, 2.05) is 0 Å². The van der Waals surface area contributed by atoms with Crippen molar-refractivity contribution in [3.05, 3.63) is 83.9 Å². The molecule has 58 heavy (non-hydrogen) atoms. The number of rotatable bonds is 14. The van der Waals surface area contributed by atoms with Gasteiger partial charge in [0.25, 0.3) is 0 Å². The van der Waals surface area contributed by atoms with Gasteiger partial charge in [0.2, 0.25) is 0 Å². The van der Waals surface area contributed by atoms with Crippen LogP contribution >= 0.6 is 0 Å². The molecule has 326 valence electrons. The van der Waals surface area contributed by atoms with Gasteiger partial charge in [0.1, 0.15) is 23.0 Å². The van der Waals surface area contributed by atoms with Crippen LogP contribution in [0.5, 0.6) is 23.0 Å². The van der Waals surface area contributed by atoms with Crippen LogP contribution < -0.4 is 9.47 Å². The Balaban J connectivity index is 1.94. The van der Waals surface area contributed by atoms with Crippen LogP contribution in [0.2, 0.25) is 0 Å². The summed E-state index contributed by atoms with van der Waals surface area (Å²) >= 11 is 0. The van der Waals surface area contributed by atoms with E-state index in [0.717, 1.165) is 18.2 Å². The van der Waals surface area contributed by atoms with E-state index in [1.54, 1.807) is 0 Å². The molecule has 0 amide bonds. The highest BCUT2D eigenvalue weighted by atomic mass is 19.4. The van der Waals surface area contributed by atoms with Crippen molar-refractivity contribution < 1.29 is 124 Å². The summed E-state index contributed by atoms with van der Waals surface area (Å²) in [4.78, 5) is 0. The summed E-state index contributed by atoms with van der Waals surface area (Å²) in [5.74, 6) is -81.5. The maximum absolute atomic E-state index is 14.7. The second kappa shape index (κ2) is 14.0. The summed E-state index contributed by atoms with van der Waals surface area (Å²) in [7, 11) is 0. The molecule has 3 aromatic carbocycles. The van der Waals surface area contributed by atoms with Crippen molar-refractivity contribution in [1.82, 2.24) is 0 Å². The van der Waals surface area contributed by atoms with Gasteiger partial charge in [0.15, 0.2) is 0 Å². The molecular weight excluding hydrogens is 886 g/mol. The molecule has 0 heterocycles. The molecule has 0 radical (unpaired) electrons. The minimum atomic E-state index is -8.20. The van der Waals surface area contributed by atoms with E-state index < -0.39 is 106 Å². The quantitative estimate of drug-likeness (QED) is 0.150. The Labute approximate surface area is 302 Å². The minimum absolute atomic E-state index is 0.235. The zero-order valence-electron chi connectivity index (χ0n) is 26.6. The highest BCUT2D eigenvalue weighted by Crippen LogP contribution is 2.64. The summed E-state index contributed by atoms with van der Waals surface area (Å²) < 4.78 is 363. The SMILES string of the molecule is FC(F)(F)C(F)(F)C(F)(F)C(F)(F)C(F)(F)C(F)(F)c1cccc(Oc2cccc(Oc3cccc(C(F)(F)C(F)(F)C(F)(F)C(F)(F)C(F)(F)C(F)(F)F)c3)c2)c1. The molecule has 0 fully saturated rings. The molecule has 0 spiro atoms. The summed E-state index contributed by atoms with van der Waals surface area (Å²) in [6.07, 6.45) is -15.3. The number of benzene rings is 3. The molecule has 0 unspecified atom stereocenters. The fraction of sp³-hybridized carbons (Fsp3) is 0.400. The van der Waals surface area contributed by atoms with Gasteiger partial charge < -0.3 is 9.47 Å². The van der Waals surface area contributed by atoms with Crippen LogP contribution in [-0.4, -0.2) is 59.7 Å². The lowest BCUT2D eigenvalue weighted by Gasteiger charge is -2.39. The highest BCUT2D eigenvalue weighted by Gasteiger charge is 2.92. The van der Waals surface area contributed by atoms with Crippen molar-refractivity contribution in [3.8, 4) is 23.0 Å². The van der Waals surface area contributed by atoms with Crippen molar-refractivity contribution in [2.24, 2.45) is 0 Å². The molecule has 2 nitrogen and oxygen atoms in total. The van der Waals surface area contributed by atoms with E-state index in [2.05, 4.69) is 0 Å². The van der Waals surface area contributed by atoms with E-state index >= 15 is 0 Å². The van der Waals surface area contributed by atoms with Crippen LogP contribution in [0.4, 0.5) is 114 Å². The van der Waals surface area contributed by atoms with Gasteiger partial charge in [-0.2, -0.15) is 114 Å². The van der Waals surface area contributed by atoms with Gasteiger partial charge >= 0.3 is 71.6 Å². The Morgan fingerprint density at radius 1 is 0.259 bits per heavy atom. The van der Waals surface area contributed by atoms with E-state index in [1.165, 1.54) is 0 Å². The zero-order valence-corrected chi connectivity index (χ0v) is 26.6. The molecule has 0 N–H and O–H groups in total. The molecule has 0 aliphatic carbocycles. The Morgan fingerprint density at radius 2 is 0.483 bits per heavy atom. The number of ether oxygens (including phenoxy) is 2. The molecule has 0 bridgehead atoms. The van der Waals surface area contributed by atoms with Crippen molar-refractivity contribution in [2.45, 2.75) is 71.6 Å². The lowest BCUT2D eigenvalue weighted by atomic mass is 9.90. The van der Waals surface area contributed by atoms with Crippen molar-refractivity contribution in [3.63, 3.8) is 0 Å². The summed E-state index contributed by atoms with van der Waals surface area (Å²) in [5.41, 5.74) is -4.96. The lowest BCUT2D eigenvalue weighted by Crippen LogP contribution is -2.69. The summed E-state index contributed by atoms with van der Waals surface area (Å²) in [6, 6.07) is 3.12. The van der Waals surface area contributed by atoms with Gasteiger partial charge in [-0.1, -0.05) is 30.3 Å². The first-order chi connectivity index (χ1) is 25.6. The first-order valence-corrected chi connectivity index (χ1v) is 14.2. The predicted molar refractivity (Wildman–Crippen MR) is 139 cm³/mol. The summed E-state index contributed by atoms with van der Waals surface area (Å²) in [6.45, 7) is 0. The maximum Gasteiger partial charge on any atom is 0.460 e. The molecule has 0 aromatic heterocycles. The van der Waals surface area contributed by atoms with Crippen LogP contribution in [0, 0.1) is 0 Å². The van der Waals surface area contributed by atoms with Crippen LogP contribution in [0.3, 0.4) is 0 Å². The van der Waals surface area contributed by atoms with Crippen molar-refractivity contribution >= 4 is 0 Å². The van der Waals surface area contributed by atoms with Gasteiger partial charge in [-0.15, -0.1) is 0 Å². The first-order valence-electron chi connectivity index (χ1n) is 14.2. The molecular formula is C30H12F26O2. The number of alkyl halides is 26. The summed E-state index contributed by atoms with van der Waals surface area (Å²) in [5, 5.41) is 0. The average molecular weight is 898 g/mol. The third-order valence-electron chi connectivity index (χ3n) is 7.54. The average Bonchev–Trinajstić information content (AvgIpc) is 3.07. The largest absolute Gasteiger partial charge is 0.460 e. The van der Waals surface area contributed by atoms with Gasteiger partial charge in [-0.25, -0.2) is 0 Å². The number of halogens is 26. The van der Waals surface area contributed by atoms with Crippen LogP contribution in [0.1, 0.15) is 11.1 Å².